The van der Waals surface area contributed by atoms with E-state index in [1.807, 2.05) is 24.3 Å². The van der Waals surface area contributed by atoms with Gasteiger partial charge in [-0.05, 0) is 22.3 Å². The lowest BCUT2D eigenvalue weighted by molar-refractivity contribution is -0.137. The number of benzene rings is 2. The zero-order chi connectivity index (χ0) is 14.1. The predicted molar refractivity (Wildman–Crippen MR) is 81.8 cm³/mol. The second-order valence-electron chi connectivity index (χ2n) is 4.83. The van der Waals surface area contributed by atoms with Crippen molar-refractivity contribution in [2.75, 3.05) is 5.75 Å². The van der Waals surface area contributed by atoms with Gasteiger partial charge >= 0.3 is 5.97 Å². The molecule has 0 bridgehead atoms. The molecule has 102 valence electrons. The van der Waals surface area contributed by atoms with Gasteiger partial charge in [0.1, 0.15) is 6.04 Å². The van der Waals surface area contributed by atoms with E-state index in [1.54, 1.807) is 11.8 Å². The van der Waals surface area contributed by atoms with Crippen LogP contribution in [0.25, 0.3) is 11.1 Å². The lowest BCUT2D eigenvalue weighted by Gasteiger charge is -2.14. The molecule has 0 aromatic heterocycles. The molecule has 0 heterocycles. The van der Waals surface area contributed by atoms with Crippen LogP contribution >= 0.6 is 11.8 Å². The summed E-state index contributed by atoms with van der Waals surface area (Å²) in [5.74, 6) is -0.542. The number of hydrogen-bond acceptors (Lipinski definition) is 3. The molecule has 0 fully saturated rings. The first-order valence-electron chi connectivity index (χ1n) is 6.46. The molecule has 3 N–H and O–H groups in total. The summed E-state index contributed by atoms with van der Waals surface area (Å²) in [7, 11) is 0. The maximum absolute atomic E-state index is 10.9. The van der Waals surface area contributed by atoms with Gasteiger partial charge in [-0.25, -0.2) is 0 Å². The number of thioether (sulfide) groups is 1. The summed E-state index contributed by atoms with van der Waals surface area (Å²) < 4.78 is 0. The largest absolute Gasteiger partial charge is 0.480 e. The Morgan fingerprint density at radius 1 is 1.10 bits per heavy atom. The first-order chi connectivity index (χ1) is 9.68. The minimum atomic E-state index is -0.947. The second kappa shape index (κ2) is 5.31. The van der Waals surface area contributed by atoms with Crippen LogP contribution in [-0.4, -0.2) is 22.9 Å². The van der Waals surface area contributed by atoms with E-state index in [9.17, 15) is 4.79 Å². The highest BCUT2D eigenvalue weighted by atomic mass is 32.2. The van der Waals surface area contributed by atoms with Gasteiger partial charge in [0.05, 0.1) is 5.25 Å². The van der Waals surface area contributed by atoms with Gasteiger partial charge in [0.2, 0.25) is 0 Å². The Labute approximate surface area is 121 Å². The molecule has 4 heteroatoms. The standard InChI is InChI=1S/C16H15NO2S/c17-14(16(18)19)9-20-15-12-7-3-1-5-10(12)11-6-2-4-8-13(11)15/h1-8,14-15H,9,17H2,(H,18,19)/t14-/m1/s1. The van der Waals surface area contributed by atoms with E-state index < -0.39 is 12.0 Å². The molecule has 3 rings (SSSR count). The van der Waals surface area contributed by atoms with Crippen molar-refractivity contribution >= 4 is 17.7 Å². The summed E-state index contributed by atoms with van der Waals surface area (Å²) in [6.07, 6.45) is 0. The van der Waals surface area contributed by atoms with Crippen LogP contribution in [0.3, 0.4) is 0 Å². The van der Waals surface area contributed by atoms with Gasteiger partial charge in [-0.1, -0.05) is 48.5 Å². The third kappa shape index (κ3) is 2.21. The number of fused-ring (bicyclic) bond motifs is 3. The molecule has 1 atom stereocenters. The van der Waals surface area contributed by atoms with Gasteiger partial charge in [0.25, 0.3) is 0 Å². The smallest absolute Gasteiger partial charge is 0.321 e. The molecule has 2 aromatic rings. The van der Waals surface area contributed by atoms with Gasteiger partial charge in [0, 0.05) is 5.75 Å². The highest BCUT2D eigenvalue weighted by Gasteiger charge is 2.29. The fourth-order valence-electron chi connectivity index (χ4n) is 2.56. The Morgan fingerprint density at radius 3 is 2.10 bits per heavy atom. The third-order valence-corrected chi connectivity index (χ3v) is 4.93. The van der Waals surface area contributed by atoms with E-state index in [2.05, 4.69) is 24.3 Å². The SMILES string of the molecule is N[C@H](CSC1c2ccccc2-c2ccccc21)C(=O)O. The van der Waals surface area contributed by atoms with Crippen LogP contribution in [0.1, 0.15) is 16.4 Å². The highest BCUT2D eigenvalue weighted by Crippen LogP contribution is 2.49. The molecular formula is C16H15NO2S. The average Bonchev–Trinajstić information content (AvgIpc) is 2.79. The van der Waals surface area contributed by atoms with Crippen molar-refractivity contribution in [1.82, 2.24) is 0 Å². The average molecular weight is 285 g/mol. The normalized spacial score (nSPS) is 14.7. The van der Waals surface area contributed by atoms with Crippen LogP contribution in [0.4, 0.5) is 0 Å². The number of carboxylic acid groups (broad SMARTS) is 1. The van der Waals surface area contributed by atoms with Crippen LogP contribution < -0.4 is 5.73 Å². The molecule has 1 aliphatic carbocycles. The number of nitrogens with two attached hydrogens (primary N) is 1. The lowest BCUT2D eigenvalue weighted by atomic mass is 10.1. The predicted octanol–water partition coefficient (Wildman–Crippen LogP) is 2.90. The Morgan fingerprint density at radius 2 is 1.60 bits per heavy atom. The maximum Gasteiger partial charge on any atom is 0.321 e. The van der Waals surface area contributed by atoms with Gasteiger partial charge in [0.15, 0.2) is 0 Å². The minimum absolute atomic E-state index is 0.174. The van der Waals surface area contributed by atoms with Crippen molar-refractivity contribution in [3.05, 3.63) is 59.7 Å². The van der Waals surface area contributed by atoms with Crippen molar-refractivity contribution in [3.8, 4) is 11.1 Å². The molecule has 0 amide bonds. The van der Waals surface area contributed by atoms with Crippen LogP contribution in [0.15, 0.2) is 48.5 Å². The van der Waals surface area contributed by atoms with Crippen LogP contribution in [0.2, 0.25) is 0 Å². The van der Waals surface area contributed by atoms with Gasteiger partial charge in [-0.3, -0.25) is 4.79 Å². The Balaban J connectivity index is 1.93. The number of hydrogen-bond donors (Lipinski definition) is 2. The molecular weight excluding hydrogens is 270 g/mol. The van der Waals surface area contributed by atoms with Gasteiger partial charge in [-0.2, -0.15) is 0 Å². The van der Waals surface area contributed by atoms with Gasteiger partial charge in [-0.15, -0.1) is 11.8 Å². The molecule has 2 aromatic carbocycles. The van der Waals surface area contributed by atoms with Crippen molar-refractivity contribution in [2.45, 2.75) is 11.3 Å². The summed E-state index contributed by atoms with van der Waals surface area (Å²) in [5, 5.41) is 9.08. The van der Waals surface area contributed by atoms with Crippen LogP contribution in [0, 0.1) is 0 Å². The van der Waals surface area contributed by atoms with Crippen molar-refractivity contribution < 1.29 is 9.90 Å². The first kappa shape index (κ1) is 13.2. The topological polar surface area (TPSA) is 63.3 Å². The summed E-state index contributed by atoms with van der Waals surface area (Å²) in [6.45, 7) is 0. The lowest BCUT2D eigenvalue weighted by Crippen LogP contribution is -2.32. The van der Waals surface area contributed by atoms with Crippen molar-refractivity contribution in [2.24, 2.45) is 5.73 Å². The molecule has 20 heavy (non-hydrogen) atoms. The molecule has 3 nitrogen and oxygen atoms in total. The fraction of sp³-hybridized carbons (Fsp3) is 0.188. The fourth-order valence-corrected chi connectivity index (χ4v) is 3.87. The maximum atomic E-state index is 10.9. The number of carboxylic acids is 1. The van der Waals surface area contributed by atoms with Crippen molar-refractivity contribution in [1.29, 1.82) is 0 Å². The van der Waals surface area contributed by atoms with E-state index in [0.29, 0.717) is 5.75 Å². The summed E-state index contributed by atoms with van der Waals surface area (Å²) >= 11 is 1.60. The number of carbonyl (C=O) groups is 1. The van der Waals surface area contributed by atoms with Crippen molar-refractivity contribution in [3.63, 3.8) is 0 Å². The molecule has 1 aliphatic rings. The summed E-state index contributed by atoms with van der Waals surface area (Å²) in [4.78, 5) is 10.9. The quantitative estimate of drug-likeness (QED) is 0.906. The molecule has 0 aliphatic heterocycles. The molecule has 0 saturated carbocycles. The zero-order valence-electron chi connectivity index (χ0n) is 10.8. The molecule has 0 unspecified atom stereocenters. The summed E-state index contributed by atoms with van der Waals surface area (Å²) in [6, 6.07) is 15.7. The van der Waals surface area contributed by atoms with E-state index in [1.165, 1.54) is 22.3 Å². The van der Waals surface area contributed by atoms with Gasteiger partial charge < -0.3 is 10.8 Å². The Bertz CT molecular complexity index is 611. The summed E-state index contributed by atoms with van der Waals surface area (Å²) in [5.41, 5.74) is 10.6. The van der Waals surface area contributed by atoms with Crippen LogP contribution in [0.5, 0.6) is 0 Å². The number of rotatable bonds is 4. The van der Waals surface area contributed by atoms with E-state index in [-0.39, 0.29) is 5.25 Å². The molecule has 0 saturated heterocycles. The first-order valence-corrected chi connectivity index (χ1v) is 7.51. The Kier molecular flexibility index (Phi) is 3.51. The second-order valence-corrected chi connectivity index (χ2v) is 5.97. The minimum Gasteiger partial charge on any atom is -0.480 e. The Hall–Kier alpha value is -1.78. The van der Waals surface area contributed by atoms with E-state index in [0.717, 1.165) is 0 Å². The van der Waals surface area contributed by atoms with E-state index >= 15 is 0 Å². The van der Waals surface area contributed by atoms with Crippen LogP contribution in [-0.2, 0) is 4.79 Å². The number of aliphatic carboxylic acids is 1. The molecule has 0 radical (unpaired) electrons. The van der Waals surface area contributed by atoms with E-state index in [4.69, 9.17) is 10.8 Å². The monoisotopic (exact) mass is 285 g/mol. The molecule has 0 spiro atoms. The highest BCUT2D eigenvalue weighted by molar-refractivity contribution is 7.99. The third-order valence-electron chi connectivity index (χ3n) is 3.54. The zero-order valence-corrected chi connectivity index (χ0v) is 11.6.